The summed E-state index contributed by atoms with van der Waals surface area (Å²) in [5.41, 5.74) is -0.0740. The Hall–Kier alpha value is -1.80. The number of rotatable bonds is 5. The minimum atomic E-state index is -4.58. The zero-order valence-corrected chi connectivity index (χ0v) is 14.5. The van der Waals surface area contributed by atoms with E-state index in [-0.39, 0.29) is 27.7 Å². The van der Waals surface area contributed by atoms with Gasteiger partial charge < -0.3 is 4.90 Å². The molecular formula is C15H13Cl2F3N2O3. The van der Waals surface area contributed by atoms with E-state index < -0.39 is 37.0 Å². The average Bonchev–Trinajstić information content (AvgIpc) is 2.71. The monoisotopic (exact) mass is 396 g/mol. The Morgan fingerprint density at radius 1 is 1.12 bits per heavy atom. The van der Waals surface area contributed by atoms with Gasteiger partial charge in [0, 0.05) is 6.54 Å². The Balaban J connectivity index is 2.21. The van der Waals surface area contributed by atoms with Crippen LogP contribution in [0.25, 0.3) is 0 Å². The van der Waals surface area contributed by atoms with E-state index >= 15 is 0 Å². The topological polar surface area (TPSA) is 57.7 Å². The molecule has 1 aromatic carbocycles. The third-order valence-electron chi connectivity index (χ3n) is 3.52. The number of hydrogen-bond donors (Lipinski definition) is 0. The molecule has 0 N–H and O–H groups in total. The van der Waals surface area contributed by atoms with Crippen molar-refractivity contribution in [3.8, 4) is 0 Å². The maximum absolute atomic E-state index is 12.6. The Kier molecular flexibility index (Phi) is 5.63. The van der Waals surface area contributed by atoms with Gasteiger partial charge in [-0.15, -0.1) is 0 Å². The number of halogens is 5. The van der Waals surface area contributed by atoms with E-state index in [4.69, 9.17) is 23.2 Å². The standard InChI is InChI=1S/C15H13Cl2F3N2O3/c1-2-3-21(7-15(18,19)20)12(23)6-22-13(24)8-4-10(16)11(17)5-9(8)14(22)25/h4-5H,2-3,6-7H2,1H3. The van der Waals surface area contributed by atoms with Crippen LogP contribution in [-0.4, -0.2) is 53.3 Å². The number of carbonyl (C=O) groups is 3. The third-order valence-corrected chi connectivity index (χ3v) is 4.24. The summed E-state index contributed by atoms with van der Waals surface area (Å²) in [4.78, 5) is 37.9. The molecule has 1 aliphatic rings. The van der Waals surface area contributed by atoms with Crippen molar-refractivity contribution in [2.75, 3.05) is 19.6 Å². The maximum atomic E-state index is 12.6. The number of amides is 3. The lowest BCUT2D eigenvalue weighted by molar-refractivity contribution is -0.161. The summed E-state index contributed by atoms with van der Waals surface area (Å²) in [7, 11) is 0. The Morgan fingerprint density at radius 2 is 1.60 bits per heavy atom. The molecule has 0 saturated heterocycles. The number of benzene rings is 1. The first-order valence-electron chi connectivity index (χ1n) is 7.25. The molecule has 0 aromatic heterocycles. The van der Waals surface area contributed by atoms with Gasteiger partial charge in [0.15, 0.2) is 0 Å². The highest BCUT2D eigenvalue weighted by Crippen LogP contribution is 2.31. The number of fused-ring (bicyclic) bond motifs is 1. The zero-order valence-electron chi connectivity index (χ0n) is 13.0. The minimum Gasteiger partial charge on any atom is -0.332 e. The van der Waals surface area contributed by atoms with Crippen molar-refractivity contribution in [2.45, 2.75) is 19.5 Å². The normalized spacial score (nSPS) is 14.1. The number of nitrogens with zero attached hydrogens (tertiary/aromatic N) is 2. The van der Waals surface area contributed by atoms with Crippen molar-refractivity contribution in [3.63, 3.8) is 0 Å². The number of alkyl halides is 3. The SMILES string of the molecule is CCCN(CC(F)(F)F)C(=O)CN1C(=O)c2cc(Cl)c(Cl)cc2C1=O. The van der Waals surface area contributed by atoms with Crippen molar-refractivity contribution >= 4 is 40.9 Å². The molecule has 25 heavy (non-hydrogen) atoms. The van der Waals surface area contributed by atoms with Gasteiger partial charge in [0.05, 0.1) is 21.2 Å². The number of carbonyl (C=O) groups excluding carboxylic acids is 3. The van der Waals surface area contributed by atoms with Crippen LogP contribution in [-0.2, 0) is 4.79 Å². The molecule has 2 rings (SSSR count). The lowest BCUT2D eigenvalue weighted by atomic mass is 10.1. The van der Waals surface area contributed by atoms with Crippen LogP contribution in [0.3, 0.4) is 0 Å². The van der Waals surface area contributed by atoms with E-state index in [0.29, 0.717) is 16.2 Å². The molecule has 0 spiro atoms. The van der Waals surface area contributed by atoms with Crippen molar-refractivity contribution < 1.29 is 27.6 Å². The Labute approximate surface area is 151 Å². The fraction of sp³-hybridized carbons (Fsp3) is 0.400. The second-order valence-electron chi connectivity index (χ2n) is 5.44. The summed E-state index contributed by atoms with van der Waals surface area (Å²) in [6.07, 6.45) is -4.27. The van der Waals surface area contributed by atoms with Gasteiger partial charge in [0.1, 0.15) is 13.1 Å². The highest BCUT2D eigenvalue weighted by molar-refractivity contribution is 6.43. The van der Waals surface area contributed by atoms with Crippen LogP contribution in [0.5, 0.6) is 0 Å². The molecule has 0 atom stereocenters. The van der Waals surface area contributed by atoms with E-state index in [1.165, 1.54) is 12.1 Å². The number of hydrogen-bond acceptors (Lipinski definition) is 3. The second kappa shape index (κ2) is 7.21. The summed E-state index contributed by atoms with van der Waals surface area (Å²) in [6.45, 7) is -0.750. The summed E-state index contributed by atoms with van der Waals surface area (Å²) in [5.74, 6) is -2.56. The molecule has 0 radical (unpaired) electrons. The lowest BCUT2D eigenvalue weighted by Crippen LogP contribution is -2.46. The third kappa shape index (κ3) is 4.24. The van der Waals surface area contributed by atoms with Crippen LogP contribution >= 0.6 is 23.2 Å². The first kappa shape index (κ1) is 19.5. The number of imide groups is 1. The van der Waals surface area contributed by atoms with Gasteiger partial charge in [-0.05, 0) is 18.6 Å². The maximum Gasteiger partial charge on any atom is 0.406 e. The summed E-state index contributed by atoms with van der Waals surface area (Å²) in [6, 6.07) is 2.40. The van der Waals surface area contributed by atoms with Crippen molar-refractivity contribution in [2.24, 2.45) is 0 Å². The van der Waals surface area contributed by atoms with Crippen LogP contribution in [0.4, 0.5) is 13.2 Å². The second-order valence-corrected chi connectivity index (χ2v) is 6.25. The molecule has 1 heterocycles. The van der Waals surface area contributed by atoms with E-state index in [2.05, 4.69) is 0 Å². The van der Waals surface area contributed by atoms with Crippen LogP contribution in [0.15, 0.2) is 12.1 Å². The molecule has 3 amide bonds. The molecule has 0 unspecified atom stereocenters. The van der Waals surface area contributed by atoms with Gasteiger partial charge in [0.25, 0.3) is 11.8 Å². The van der Waals surface area contributed by atoms with Crippen LogP contribution in [0.2, 0.25) is 10.0 Å². The first-order valence-corrected chi connectivity index (χ1v) is 8.00. The molecule has 5 nitrogen and oxygen atoms in total. The van der Waals surface area contributed by atoms with Gasteiger partial charge in [-0.25, -0.2) is 0 Å². The van der Waals surface area contributed by atoms with Gasteiger partial charge in [-0.2, -0.15) is 13.2 Å². The Bertz CT molecular complexity index is 696. The van der Waals surface area contributed by atoms with Gasteiger partial charge in [-0.3, -0.25) is 19.3 Å². The molecule has 0 aliphatic carbocycles. The molecule has 0 bridgehead atoms. The molecule has 136 valence electrons. The quantitative estimate of drug-likeness (QED) is 0.716. The predicted octanol–water partition coefficient (Wildman–Crippen LogP) is 3.39. The summed E-state index contributed by atoms with van der Waals surface area (Å²) in [5, 5.41) is 0.110. The summed E-state index contributed by atoms with van der Waals surface area (Å²) < 4.78 is 37.8. The fourth-order valence-corrected chi connectivity index (χ4v) is 2.77. The van der Waals surface area contributed by atoms with Crippen LogP contribution in [0, 0.1) is 0 Å². The fourth-order valence-electron chi connectivity index (χ4n) is 2.44. The minimum absolute atomic E-state index is 0.0370. The molecule has 1 aliphatic heterocycles. The highest BCUT2D eigenvalue weighted by atomic mass is 35.5. The molecular weight excluding hydrogens is 384 g/mol. The Morgan fingerprint density at radius 3 is 2.00 bits per heavy atom. The molecule has 10 heteroatoms. The zero-order chi connectivity index (χ0) is 18.9. The van der Waals surface area contributed by atoms with Crippen LogP contribution in [0.1, 0.15) is 34.1 Å². The molecule has 1 aromatic rings. The van der Waals surface area contributed by atoms with Gasteiger partial charge in [-0.1, -0.05) is 30.1 Å². The smallest absolute Gasteiger partial charge is 0.332 e. The van der Waals surface area contributed by atoms with Gasteiger partial charge >= 0.3 is 6.18 Å². The van der Waals surface area contributed by atoms with Crippen LogP contribution < -0.4 is 0 Å². The van der Waals surface area contributed by atoms with E-state index in [0.717, 1.165) is 0 Å². The van der Waals surface area contributed by atoms with E-state index in [9.17, 15) is 27.6 Å². The van der Waals surface area contributed by atoms with Crippen molar-refractivity contribution in [3.05, 3.63) is 33.3 Å². The van der Waals surface area contributed by atoms with Crippen molar-refractivity contribution in [1.29, 1.82) is 0 Å². The van der Waals surface area contributed by atoms with E-state index in [1.807, 2.05) is 0 Å². The van der Waals surface area contributed by atoms with Crippen molar-refractivity contribution in [1.82, 2.24) is 9.80 Å². The van der Waals surface area contributed by atoms with E-state index in [1.54, 1.807) is 6.92 Å². The largest absolute Gasteiger partial charge is 0.406 e. The average molecular weight is 397 g/mol. The first-order chi connectivity index (χ1) is 11.5. The molecule has 0 fully saturated rings. The lowest BCUT2D eigenvalue weighted by Gasteiger charge is -2.25. The van der Waals surface area contributed by atoms with Gasteiger partial charge in [0.2, 0.25) is 5.91 Å². The summed E-state index contributed by atoms with van der Waals surface area (Å²) >= 11 is 11.6. The highest BCUT2D eigenvalue weighted by Gasteiger charge is 2.39. The predicted molar refractivity (Wildman–Crippen MR) is 84.8 cm³/mol. The molecule has 0 saturated carbocycles.